The normalized spacial score (nSPS) is 11.7. The Morgan fingerprint density at radius 3 is 2.79 bits per heavy atom. The van der Waals surface area contributed by atoms with E-state index < -0.39 is 6.55 Å². The maximum atomic E-state index is 12.7. The van der Waals surface area contributed by atoms with Crippen LogP contribution in [0.5, 0.6) is 0 Å². The second-order valence-electron chi connectivity index (χ2n) is 4.60. The third kappa shape index (κ3) is 3.60. The summed E-state index contributed by atoms with van der Waals surface area (Å²) in [7, 11) is 0. The predicted molar refractivity (Wildman–Crippen MR) is 66.8 cm³/mol. The second-order valence-corrected chi connectivity index (χ2v) is 4.60. The van der Waals surface area contributed by atoms with E-state index in [9.17, 15) is 8.78 Å². The number of halogens is 2. The summed E-state index contributed by atoms with van der Waals surface area (Å²) in [5.41, 5.74) is 0.879. The molecule has 0 radical (unpaired) electrons. The van der Waals surface area contributed by atoms with Crippen LogP contribution in [0.3, 0.4) is 0 Å². The van der Waals surface area contributed by atoms with Crippen LogP contribution in [0.4, 0.5) is 8.78 Å². The third-order valence-corrected chi connectivity index (χ3v) is 2.66. The molecule has 104 valence electrons. The predicted octanol–water partition coefficient (Wildman–Crippen LogP) is 2.02. The van der Waals surface area contributed by atoms with Crippen molar-refractivity contribution in [1.82, 2.24) is 24.4 Å². The zero-order chi connectivity index (χ0) is 13.8. The molecule has 0 aliphatic carbocycles. The Bertz CT molecular complexity index is 518. The van der Waals surface area contributed by atoms with Crippen LogP contribution in [0.2, 0.25) is 0 Å². The molecule has 19 heavy (non-hydrogen) atoms. The standard InChI is InChI=1S/C12H17F2N5/c1-9(2)16-5-10-6-18(8-17-10)7-11-15-3-4-19(11)12(13)14/h3-4,6,8-9,12,16H,5,7H2,1-2H3. The van der Waals surface area contributed by atoms with Crippen LogP contribution in [-0.4, -0.2) is 25.1 Å². The molecule has 0 unspecified atom stereocenters. The van der Waals surface area contributed by atoms with Gasteiger partial charge in [0.15, 0.2) is 0 Å². The number of alkyl halides is 2. The Balaban J connectivity index is 2.01. The molecule has 0 bridgehead atoms. The van der Waals surface area contributed by atoms with Gasteiger partial charge in [0.05, 0.1) is 18.6 Å². The van der Waals surface area contributed by atoms with E-state index in [4.69, 9.17) is 0 Å². The lowest BCUT2D eigenvalue weighted by Gasteiger charge is -2.07. The number of rotatable bonds is 6. The van der Waals surface area contributed by atoms with Gasteiger partial charge in [-0.1, -0.05) is 13.8 Å². The van der Waals surface area contributed by atoms with Gasteiger partial charge < -0.3 is 9.88 Å². The number of hydrogen-bond acceptors (Lipinski definition) is 3. The van der Waals surface area contributed by atoms with E-state index in [1.165, 1.54) is 12.4 Å². The van der Waals surface area contributed by atoms with Gasteiger partial charge in [0.25, 0.3) is 0 Å². The summed E-state index contributed by atoms with van der Waals surface area (Å²) in [5.74, 6) is 0.316. The highest BCUT2D eigenvalue weighted by Gasteiger charge is 2.11. The topological polar surface area (TPSA) is 47.7 Å². The molecular formula is C12H17F2N5. The summed E-state index contributed by atoms with van der Waals surface area (Å²) < 4.78 is 27.9. The molecule has 0 amide bonds. The molecule has 2 aromatic heterocycles. The number of nitrogens with zero attached hydrogens (tertiary/aromatic N) is 4. The molecule has 0 aliphatic rings. The van der Waals surface area contributed by atoms with Crippen molar-refractivity contribution in [2.75, 3.05) is 0 Å². The molecule has 0 fully saturated rings. The lowest BCUT2D eigenvalue weighted by Crippen LogP contribution is -2.21. The van der Waals surface area contributed by atoms with Gasteiger partial charge in [0.1, 0.15) is 5.82 Å². The Kier molecular flexibility index (Phi) is 4.26. The summed E-state index contributed by atoms with van der Waals surface area (Å²) in [6.45, 7) is 2.48. The number of nitrogens with one attached hydrogen (secondary N) is 1. The summed E-state index contributed by atoms with van der Waals surface area (Å²) >= 11 is 0. The first-order valence-corrected chi connectivity index (χ1v) is 6.10. The average Bonchev–Trinajstić information content (AvgIpc) is 2.96. The molecule has 2 rings (SSSR count). The van der Waals surface area contributed by atoms with E-state index >= 15 is 0 Å². The van der Waals surface area contributed by atoms with Crippen molar-refractivity contribution in [3.05, 3.63) is 36.4 Å². The van der Waals surface area contributed by atoms with Gasteiger partial charge in [-0.15, -0.1) is 0 Å². The van der Waals surface area contributed by atoms with Gasteiger partial charge in [-0.25, -0.2) is 9.97 Å². The molecule has 0 atom stereocenters. The van der Waals surface area contributed by atoms with Crippen LogP contribution in [0, 0.1) is 0 Å². The van der Waals surface area contributed by atoms with Crippen molar-refractivity contribution in [3.63, 3.8) is 0 Å². The smallest absolute Gasteiger partial charge is 0.319 e. The van der Waals surface area contributed by atoms with E-state index in [-0.39, 0.29) is 6.54 Å². The van der Waals surface area contributed by atoms with Gasteiger partial charge in [0.2, 0.25) is 0 Å². The van der Waals surface area contributed by atoms with E-state index in [0.29, 0.717) is 18.4 Å². The third-order valence-electron chi connectivity index (χ3n) is 2.66. The maximum absolute atomic E-state index is 12.7. The number of aromatic nitrogens is 4. The first-order valence-electron chi connectivity index (χ1n) is 6.10. The Hall–Kier alpha value is -1.76. The number of imidazole rings is 2. The van der Waals surface area contributed by atoms with Crippen LogP contribution >= 0.6 is 0 Å². The zero-order valence-corrected chi connectivity index (χ0v) is 10.9. The molecule has 7 heteroatoms. The Morgan fingerprint density at radius 1 is 1.32 bits per heavy atom. The highest BCUT2D eigenvalue weighted by atomic mass is 19.3. The van der Waals surface area contributed by atoms with Crippen LogP contribution in [0.1, 0.15) is 31.9 Å². The molecule has 5 nitrogen and oxygen atoms in total. The van der Waals surface area contributed by atoms with Crippen molar-refractivity contribution in [1.29, 1.82) is 0 Å². The first kappa shape index (κ1) is 13.7. The highest BCUT2D eigenvalue weighted by Crippen LogP contribution is 2.13. The van der Waals surface area contributed by atoms with Gasteiger partial charge in [0, 0.05) is 31.2 Å². The summed E-state index contributed by atoms with van der Waals surface area (Å²) in [5, 5.41) is 3.25. The molecule has 1 N–H and O–H groups in total. The molecule has 0 aliphatic heterocycles. The Labute approximate surface area is 110 Å². The van der Waals surface area contributed by atoms with Crippen LogP contribution in [0.25, 0.3) is 0 Å². The molecule has 0 spiro atoms. The Morgan fingerprint density at radius 2 is 2.11 bits per heavy atom. The van der Waals surface area contributed by atoms with E-state index in [1.807, 2.05) is 6.20 Å². The highest BCUT2D eigenvalue weighted by molar-refractivity contribution is 5.00. The van der Waals surface area contributed by atoms with Crippen molar-refractivity contribution in [2.24, 2.45) is 0 Å². The maximum Gasteiger partial charge on any atom is 0.319 e. The summed E-state index contributed by atoms with van der Waals surface area (Å²) in [4.78, 5) is 8.15. The van der Waals surface area contributed by atoms with Gasteiger partial charge >= 0.3 is 6.55 Å². The minimum atomic E-state index is -2.57. The van der Waals surface area contributed by atoms with Gasteiger partial charge in [-0.2, -0.15) is 8.78 Å². The van der Waals surface area contributed by atoms with Crippen LogP contribution in [-0.2, 0) is 13.1 Å². The molecule has 2 heterocycles. The van der Waals surface area contributed by atoms with Gasteiger partial charge in [-0.05, 0) is 0 Å². The van der Waals surface area contributed by atoms with Crippen LogP contribution < -0.4 is 5.32 Å². The fourth-order valence-electron chi connectivity index (χ4n) is 1.70. The zero-order valence-electron chi connectivity index (χ0n) is 10.9. The van der Waals surface area contributed by atoms with E-state index in [0.717, 1.165) is 10.3 Å². The van der Waals surface area contributed by atoms with Crippen molar-refractivity contribution in [3.8, 4) is 0 Å². The quantitative estimate of drug-likeness (QED) is 0.872. The fraction of sp³-hybridized carbons (Fsp3) is 0.500. The van der Waals surface area contributed by atoms with E-state index in [2.05, 4.69) is 29.1 Å². The minimum Gasteiger partial charge on any atom is -0.330 e. The minimum absolute atomic E-state index is 0.284. The van der Waals surface area contributed by atoms with Crippen LogP contribution in [0.15, 0.2) is 24.9 Å². The van der Waals surface area contributed by atoms with Crippen molar-refractivity contribution < 1.29 is 8.78 Å². The summed E-state index contributed by atoms with van der Waals surface area (Å²) in [6, 6.07) is 0.378. The largest absolute Gasteiger partial charge is 0.330 e. The number of hydrogen-bond donors (Lipinski definition) is 1. The fourth-order valence-corrected chi connectivity index (χ4v) is 1.70. The monoisotopic (exact) mass is 269 g/mol. The summed E-state index contributed by atoms with van der Waals surface area (Å²) in [6.07, 6.45) is 6.11. The van der Waals surface area contributed by atoms with Gasteiger partial charge in [-0.3, -0.25) is 4.57 Å². The first-order chi connectivity index (χ1) is 9.06. The van der Waals surface area contributed by atoms with Crippen molar-refractivity contribution >= 4 is 0 Å². The second kappa shape index (κ2) is 5.92. The molecule has 2 aromatic rings. The molecule has 0 saturated heterocycles. The average molecular weight is 269 g/mol. The molecule has 0 aromatic carbocycles. The molecular weight excluding hydrogens is 252 g/mol. The SMILES string of the molecule is CC(C)NCc1cn(Cc2nccn2C(F)F)cn1. The van der Waals surface area contributed by atoms with Crippen molar-refractivity contribution in [2.45, 2.75) is 39.5 Å². The molecule has 0 saturated carbocycles. The van der Waals surface area contributed by atoms with E-state index in [1.54, 1.807) is 10.9 Å². The lowest BCUT2D eigenvalue weighted by atomic mass is 10.3. The lowest BCUT2D eigenvalue weighted by molar-refractivity contribution is 0.0667.